The molecular formula is C19H21NO3. The van der Waals surface area contributed by atoms with E-state index in [1.54, 1.807) is 7.11 Å². The van der Waals surface area contributed by atoms with E-state index in [2.05, 4.69) is 29.2 Å². The van der Waals surface area contributed by atoms with Crippen LogP contribution in [0.2, 0.25) is 0 Å². The Morgan fingerprint density at radius 3 is 2.65 bits per heavy atom. The Kier molecular flexibility index (Phi) is 4.65. The number of fused-ring (bicyclic) bond motifs is 1. The van der Waals surface area contributed by atoms with Gasteiger partial charge in [-0.3, -0.25) is 0 Å². The molecule has 0 fully saturated rings. The molecule has 120 valence electrons. The van der Waals surface area contributed by atoms with E-state index in [4.69, 9.17) is 9.47 Å². The molecule has 0 aliphatic carbocycles. The minimum Gasteiger partial charge on any atom is -0.504 e. The quantitative estimate of drug-likeness (QED) is 0.679. The number of benzene rings is 2. The zero-order valence-corrected chi connectivity index (χ0v) is 13.4. The molecule has 1 atom stereocenters. The second-order valence-electron chi connectivity index (χ2n) is 5.48. The van der Waals surface area contributed by atoms with Gasteiger partial charge in [-0.1, -0.05) is 30.3 Å². The molecule has 1 unspecified atom stereocenters. The van der Waals surface area contributed by atoms with Crippen LogP contribution in [-0.2, 0) is 15.9 Å². The number of hydrogen-bond donors (Lipinski definition) is 1. The van der Waals surface area contributed by atoms with Gasteiger partial charge in [-0.25, -0.2) is 0 Å². The summed E-state index contributed by atoms with van der Waals surface area (Å²) >= 11 is 0. The van der Waals surface area contributed by atoms with Crippen LogP contribution in [0.1, 0.15) is 11.1 Å². The van der Waals surface area contributed by atoms with Gasteiger partial charge in [0.1, 0.15) is 0 Å². The number of nitrogens with zero attached hydrogens (tertiary/aromatic N) is 1. The molecule has 1 N–H and O–H groups in total. The fourth-order valence-electron chi connectivity index (χ4n) is 2.96. The number of rotatable bonds is 5. The molecule has 0 amide bonds. The summed E-state index contributed by atoms with van der Waals surface area (Å²) in [5.41, 5.74) is 5.15. The smallest absolute Gasteiger partial charge is 0.184 e. The molecule has 0 saturated carbocycles. The van der Waals surface area contributed by atoms with Crippen molar-refractivity contribution in [3.05, 3.63) is 65.9 Å². The minimum atomic E-state index is -1.01. The van der Waals surface area contributed by atoms with Gasteiger partial charge in [0.2, 0.25) is 0 Å². The van der Waals surface area contributed by atoms with E-state index in [1.807, 2.05) is 24.3 Å². The van der Waals surface area contributed by atoms with Gasteiger partial charge in [0.05, 0.1) is 13.4 Å². The lowest BCUT2D eigenvalue weighted by Gasteiger charge is -2.21. The molecule has 1 heterocycles. The summed E-state index contributed by atoms with van der Waals surface area (Å²) in [5, 5.41) is 10.0. The molecule has 0 bridgehead atoms. The summed E-state index contributed by atoms with van der Waals surface area (Å²) in [4.78, 5) is 2.29. The molecule has 4 heteroatoms. The van der Waals surface area contributed by atoms with Crippen LogP contribution in [-0.4, -0.2) is 32.2 Å². The first-order valence-corrected chi connectivity index (χ1v) is 7.64. The molecule has 23 heavy (non-hydrogen) atoms. The highest BCUT2D eigenvalue weighted by molar-refractivity contribution is 5.76. The summed E-state index contributed by atoms with van der Waals surface area (Å²) in [7, 11) is 3.03. The Balaban J connectivity index is 2.00. The van der Waals surface area contributed by atoms with Gasteiger partial charge in [-0.05, 0) is 35.7 Å². The molecule has 1 aliphatic rings. The Morgan fingerprint density at radius 2 is 1.96 bits per heavy atom. The van der Waals surface area contributed by atoms with E-state index in [1.165, 1.54) is 30.3 Å². The van der Waals surface area contributed by atoms with Crippen molar-refractivity contribution < 1.29 is 14.6 Å². The number of hydrogen-bond acceptors (Lipinski definition) is 4. The average molecular weight is 311 g/mol. The van der Waals surface area contributed by atoms with Crippen molar-refractivity contribution in [3.8, 4) is 0 Å². The Labute approximate surface area is 136 Å². The highest BCUT2D eigenvalue weighted by atomic mass is 16.6. The number of methoxy groups -OCH3 is 2. The van der Waals surface area contributed by atoms with Crippen molar-refractivity contribution in [2.75, 3.05) is 25.7 Å². The molecule has 4 nitrogen and oxygen atoms in total. The molecule has 0 radical (unpaired) electrons. The normalized spacial score (nSPS) is 15.4. The molecule has 2 aromatic rings. The van der Waals surface area contributed by atoms with E-state index in [0.717, 1.165) is 18.5 Å². The zero-order valence-electron chi connectivity index (χ0n) is 13.4. The number of aliphatic hydroxyl groups excluding tert-OH is 1. The van der Waals surface area contributed by atoms with Crippen molar-refractivity contribution in [3.63, 3.8) is 0 Å². The Morgan fingerprint density at radius 1 is 1.17 bits per heavy atom. The third-order valence-electron chi connectivity index (χ3n) is 4.12. The van der Waals surface area contributed by atoms with Crippen LogP contribution >= 0.6 is 0 Å². The maximum absolute atomic E-state index is 10.0. The van der Waals surface area contributed by atoms with Crippen LogP contribution in [0.5, 0.6) is 0 Å². The monoisotopic (exact) mass is 311 g/mol. The van der Waals surface area contributed by atoms with Gasteiger partial charge in [0, 0.05) is 30.6 Å². The predicted octanol–water partition coefficient (Wildman–Crippen LogP) is 3.33. The van der Waals surface area contributed by atoms with E-state index < -0.39 is 6.29 Å². The van der Waals surface area contributed by atoms with Crippen molar-refractivity contribution in [1.82, 2.24) is 0 Å². The fourth-order valence-corrected chi connectivity index (χ4v) is 2.96. The van der Waals surface area contributed by atoms with Crippen LogP contribution < -0.4 is 4.90 Å². The van der Waals surface area contributed by atoms with Gasteiger partial charge >= 0.3 is 0 Å². The van der Waals surface area contributed by atoms with E-state index in [0.29, 0.717) is 5.57 Å². The first-order chi connectivity index (χ1) is 11.2. The standard InChI is InChI=1S/C19H21NO3/c1-22-13-17(19(21)23-2)15-9-8-14-10-11-20(18(14)12-15)16-6-4-3-5-7-16/h3-9,12-13,19,21H,10-11H2,1-2H3/b17-13+. The van der Waals surface area contributed by atoms with Gasteiger partial charge in [-0.15, -0.1) is 0 Å². The number of ether oxygens (including phenoxy) is 2. The van der Waals surface area contributed by atoms with Crippen LogP contribution in [0, 0.1) is 0 Å². The maximum atomic E-state index is 10.0. The zero-order chi connectivity index (χ0) is 16.2. The molecule has 1 aliphatic heterocycles. The van der Waals surface area contributed by atoms with Gasteiger partial charge in [-0.2, -0.15) is 0 Å². The summed E-state index contributed by atoms with van der Waals surface area (Å²) in [6, 6.07) is 16.5. The molecular weight excluding hydrogens is 290 g/mol. The largest absolute Gasteiger partial charge is 0.504 e. The number of anilines is 2. The van der Waals surface area contributed by atoms with Crippen molar-refractivity contribution in [2.24, 2.45) is 0 Å². The van der Waals surface area contributed by atoms with Crippen molar-refractivity contribution in [1.29, 1.82) is 0 Å². The third-order valence-corrected chi connectivity index (χ3v) is 4.12. The van der Waals surface area contributed by atoms with Crippen LogP contribution in [0.3, 0.4) is 0 Å². The van der Waals surface area contributed by atoms with E-state index in [9.17, 15) is 5.11 Å². The third kappa shape index (κ3) is 3.09. The maximum Gasteiger partial charge on any atom is 0.184 e. The Hall–Kier alpha value is -2.30. The van der Waals surface area contributed by atoms with E-state index >= 15 is 0 Å². The summed E-state index contributed by atoms with van der Waals surface area (Å²) < 4.78 is 10.1. The van der Waals surface area contributed by atoms with Crippen molar-refractivity contribution >= 4 is 16.9 Å². The molecule has 0 saturated heterocycles. The van der Waals surface area contributed by atoms with E-state index in [-0.39, 0.29) is 0 Å². The first-order valence-electron chi connectivity index (χ1n) is 7.64. The number of para-hydroxylation sites is 1. The van der Waals surface area contributed by atoms with Gasteiger partial charge < -0.3 is 19.5 Å². The Bertz CT molecular complexity index is 697. The lowest BCUT2D eigenvalue weighted by Crippen LogP contribution is -2.14. The molecule has 3 rings (SSSR count). The van der Waals surface area contributed by atoms with Crippen LogP contribution in [0.25, 0.3) is 5.57 Å². The highest BCUT2D eigenvalue weighted by Crippen LogP contribution is 2.36. The summed E-state index contributed by atoms with van der Waals surface area (Å²) in [6.45, 7) is 0.957. The second-order valence-corrected chi connectivity index (χ2v) is 5.48. The number of aliphatic hydroxyl groups is 1. The lowest BCUT2D eigenvalue weighted by molar-refractivity contribution is -0.0285. The molecule has 2 aromatic carbocycles. The summed E-state index contributed by atoms with van der Waals surface area (Å²) in [6.07, 6.45) is 1.53. The summed E-state index contributed by atoms with van der Waals surface area (Å²) in [5.74, 6) is 0. The first kappa shape index (κ1) is 15.6. The van der Waals surface area contributed by atoms with Crippen LogP contribution in [0.4, 0.5) is 11.4 Å². The van der Waals surface area contributed by atoms with Crippen LogP contribution in [0.15, 0.2) is 54.8 Å². The average Bonchev–Trinajstić information content (AvgIpc) is 3.03. The van der Waals surface area contributed by atoms with Gasteiger partial charge in [0.25, 0.3) is 0 Å². The second kappa shape index (κ2) is 6.86. The minimum absolute atomic E-state index is 0.609. The predicted molar refractivity (Wildman–Crippen MR) is 91.6 cm³/mol. The molecule has 0 spiro atoms. The molecule has 0 aromatic heterocycles. The van der Waals surface area contributed by atoms with Gasteiger partial charge in [0.15, 0.2) is 6.29 Å². The lowest BCUT2D eigenvalue weighted by atomic mass is 10.0. The van der Waals surface area contributed by atoms with Crippen molar-refractivity contribution in [2.45, 2.75) is 12.7 Å². The topological polar surface area (TPSA) is 41.9 Å². The SMILES string of the molecule is CO/C=C(\c1ccc2c(c1)N(c1ccccc1)CC2)C(O)OC. The highest BCUT2D eigenvalue weighted by Gasteiger charge is 2.22. The fraction of sp³-hybridized carbons (Fsp3) is 0.263.